The summed E-state index contributed by atoms with van der Waals surface area (Å²) in [6, 6.07) is 16.5. The Morgan fingerprint density at radius 1 is 1.00 bits per heavy atom. The Kier molecular flexibility index (Phi) is 4.52. The molecule has 22 heavy (non-hydrogen) atoms. The van der Waals surface area contributed by atoms with Crippen molar-refractivity contribution in [3.8, 4) is 0 Å². The quantitative estimate of drug-likeness (QED) is 0.836. The van der Waals surface area contributed by atoms with Crippen molar-refractivity contribution < 1.29 is 9.18 Å². The first-order chi connectivity index (χ1) is 10.8. The third-order valence-electron chi connectivity index (χ3n) is 4.32. The average Bonchev–Trinajstić information content (AvgIpc) is 3.09. The second-order valence-electron chi connectivity index (χ2n) is 5.78. The van der Waals surface area contributed by atoms with Crippen LogP contribution in [0.1, 0.15) is 36.3 Å². The van der Waals surface area contributed by atoms with Gasteiger partial charge in [0.1, 0.15) is 5.82 Å². The summed E-state index contributed by atoms with van der Waals surface area (Å²) in [5.41, 5.74) is 1.58. The lowest BCUT2D eigenvalue weighted by Gasteiger charge is -2.22. The van der Waals surface area contributed by atoms with Crippen LogP contribution in [0.5, 0.6) is 0 Å². The van der Waals surface area contributed by atoms with Gasteiger partial charge in [0.2, 0.25) is 5.91 Å². The van der Waals surface area contributed by atoms with Crippen molar-refractivity contribution in [3.63, 3.8) is 0 Å². The molecule has 3 heteroatoms. The standard InChI is InChI=1S/C19H20FNO/c20-18-11-5-4-10-16(18)17(15-8-2-1-3-9-15)14-19(22)21-12-6-7-13-21/h1-5,8-11,17H,6-7,12-14H2/t17-/m1/s1. The van der Waals surface area contributed by atoms with Crippen molar-refractivity contribution in [1.29, 1.82) is 0 Å². The van der Waals surface area contributed by atoms with Gasteiger partial charge < -0.3 is 4.90 Å². The molecule has 0 radical (unpaired) electrons. The first-order valence-electron chi connectivity index (χ1n) is 7.83. The number of hydrogen-bond acceptors (Lipinski definition) is 1. The number of hydrogen-bond donors (Lipinski definition) is 0. The van der Waals surface area contributed by atoms with Crippen molar-refractivity contribution in [3.05, 3.63) is 71.5 Å². The maximum Gasteiger partial charge on any atom is 0.223 e. The van der Waals surface area contributed by atoms with Crippen LogP contribution >= 0.6 is 0 Å². The zero-order valence-electron chi connectivity index (χ0n) is 12.5. The largest absolute Gasteiger partial charge is 0.343 e. The molecule has 1 fully saturated rings. The Morgan fingerprint density at radius 2 is 1.64 bits per heavy atom. The fourth-order valence-electron chi connectivity index (χ4n) is 3.12. The number of nitrogens with zero attached hydrogens (tertiary/aromatic N) is 1. The molecule has 2 aromatic rings. The van der Waals surface area contributed by atoms with Gasteiger partial charge in [0.05, 0.1) is 0 Å². The lowest BCUT2D eigenvalue weighted by molar-refractivity contribution is -0.130. The molecule has 0 aromatic heterocycles. The number of halogens is 1. The highest BCUT2D eigenvalue weighted by Gasteiger charge is 2.25. The number of amides is 1. The van der Waals surface area contributed by atoms with Crippen molar-refractivity contribution in [2.75, 3.05) is 13.1 Å². The van der Waals surface area contributed by atoms with Gasteiger partial charge in [0.15, 0.2) is 0 Å². The highest BCUT2D eigenvalue weighted by Crippen LogP contribution is 2.30. The number of likely N-dealkylation sites (tertiary alicyclic amines) is 1. The lowest BCUT2D eigenvalue weighted by atomic mass is 9.88. The average molecular weight is 297 g/mol. The molecule has 3 rings (SSSR count). The molecule has 0 saturated carbocycles. The maximum absolute atomic E-state index is 14.2. The van der Waals surface area contributed by atoms with Crippen LogP contribution < -0.4 is 0 Å². The molecule has 0 aliphatic carbocycles. The fraction of sp³-hybridized carbons (Fsp3) is 0.316. The molecule has 1 aliphatic heterocycles. The van der Waals surface area contributed by atoms with E-state index in [0.29, 0.717) is 12.0 Å². The van der Waals surface area contributed by atoms with E-state index in [1.54, 1.807) is 12.1 Å². The Labute approximate surface area is 130 Å². The monoisotopic (exact) mass is 297 g/mol. The Balaban J connectivity index is 1.90. The Hall–Kier alpha value is -2.16. The molecule has 1 saturated heterocycles. The molecule has 0 spiro atoms. The zero-order valence-corrected chi connectivity index (χ0v) is 12.5. The van der Waals surface area contributed by atoms with Crippen LogP contribution in [0.15, 0.2) is 54.6 Å². The Bertz CT molecular complexity index is 635. The molecular formula is C19H20FNO. The summed E-state index contributed by atoms with van der Waals surface area (Å²) in [5.74, 6) is -0.351. The predicted octanol–water partition coefficient (Wildman–Crippen LogP) is 3.97. The van der Waals surface area contributed by atoms with Crippen LogP contribution in [0.3, 0.4) is 0 Å². The summed E-state index contributed by atoms with van der Waals surface area (Å²) in [4.78, 5) is 14.4. The van der Waals surface area contributed by atoms with E-state index in [4.69, 9.17) is 0 Å². The van der Waals surface area contributed by atoms with Gasteiger partial charge in [-0.05, 0) is 30.0 Å². The van der Waals surface area contributed by atoms with Crippen LogP contribution in [0.2, 0.25) is 0 Å². The number of carbonyl (C=O) groups excluding carboxylic acids is 1. The fourth-order valence-corrected chi connectivity index (χ4v) is 3.12. The zero-order chi connectivity index (χ0) is 15.4. The molecule has 2 aromatic carbocycles. The topological polar surface area (TPSA) is 20.3 Å². The summed E-state index contributed by atoms with van der Waals surface area (Å²) in [7, 11) is 0. The summed E-state index contributed by atoms with van der Waals surface area (Å²) >= 11 is 0. The van der Waals surface area contributed by atoms with Gasteiger partial charge in [-0.15, -0.1) is 0 Å². The van der Waals surface area contributed by atoms with Gasteiger partial charge in [-0.2, -0.15) is 0 Å². The van der Waals surface area contributed by atoms with Crippen LogP contribution in [-0.4, -0.2) is 23.9 Å². The van der Waals surface area contributed by atoms with Crippen LogP contribution in [0.25, 0.3) is 0 Å². The van der Waals surface area contributed by atoms with Crippen LogP contribution in [0, 0.1) is 5.82 Å². The summed E-state index contributed by atoms with van der Waals surface area (Å²) in [5, 5.41) is 0. The van der Waals surface area contributed by atoms with E-state index in [1.165, 1.54) is 6.07 Å². The highest BCUT2D eigenvalue weighted by atomic mass is 19.1. The highest BCUT2D eigenvalue weighted by molar-refractivity contribution is 5.78. The minimum Gasteiger partial charge on any atom is -0.343 e. The van der Waals surface area contributed by atoms with Crippen molar-refractivity contribution in [1.82, 2.24) is 4.90 Å². The van der Waals surface area contributed by atoms with E-state index < -0.39 is 0 Å². The van der Waals surface area contributed by atoms with Gasteiger partial charge >= 0.3 is 0 Å². The third kappa shape index (κ3) is 3.19. The molecule has 0 N–H and O–H groups in total. The molecule has 1 aliphatic rings. The normalized spacial score (nSPS) is 15.8. The minimum atomic E-state index is -0.245. The summed E-state index contributed by atoms with van der Waals surface area (Å²) in [6.45, 7) is 1.66. The summed E-state index contributed by atoms with van der Waals surface area (Å²) < 4.78 is 14.2. The van der Waals surface area contributed by atoms with Gasteiger partial charge in [-0.3, -0.25) is 4.79 Å². The number of benzene rings is 2. The number of rotatable bonds is 4. The Morgan fingerprint density at radius 3 is 2.32 bits per heavy atom. The first-order valence-corrected chi connectivity index (χ1v) is 7.83. The van der Waals surface area contributed by atoms with Crippen molar-refractivity contribution >= 4 is 5.91 Å². The number of carbonyl (C=O) groups is 1. The lowest BCUT2D eigenvalue weighted by Crippen LogP contribution is -2.29. The van der Waals surface area contributed by atoms with E-state index in [9.17, 15) is 9.18 Å². The second kappa shape index (κ2) is 6.73. The van der Waals surface area contributed by atoms with Gasteiger partial charge in [-0.25, -0.2) is 4.39 Å². The third-order valence-corrected chi connectivity index (χ3v) is 4.32. The maximum atomic E-state index is 14.2. The van der Waals surface area contributed by atoms with Crippen LogP contribution in [0.4, 0.5) is 4.39 Å². The molecule has 1 amide bonds. The minimum absolute atomic E-state index is 0.120. The summed E-state index contributed by atoms with van der Waals surface area (Å²) in [6.07, 6.45) is 2.47. The van der Waals surface area contributed by atoms with Crippen LogP contribution in [-0.2, 0) is 4.79 Å². The van der Waals surface area contributed by atoms with E-state index in [1.807, 2.05) is 41.3 Å². The molecule has 1 heterocycles. The predicted molar refractivity (Wildman–Crippen MR) is 85.1 cm³/mol. The van der Waals surface area contributed by atoms with E-state index in [0.717, 1.165) is 31.5 Å². The molecule has 2 nitrogen and oxygen atoms in total. The molecule has 114 valence electrons. The first kappa shape index (κ1) is 14.8. The second-order valence-corrected chi connectivity index (χ2v) is 5.78. The van der Waals surface area contributed by atoms with Gasteiger partial charge in [0, 0.05) is 25.4 Å². The van der Waals surface area contributed by atoms with Gasteiger partial charge in [-0.1, -0.05) is 48.5 Å². The van der Waals surface area contributed by atoms with Gasteiger partial charge in [0.25, 0.3) is 0 Å². The molecular weight excluding hydrogens is 277 g/mol. The molecule has 1 atom stereocenters. The van der Waals surface area contributed by atoms with E-state index in [2.05, 4.69) is 0 Å². The molecule has 0 bridgehead atoms. The smallest absolute Gasteiger partial charge is 0.223 e. The van der Waals surface area contributed by atoms with E-state index >= 15 is 0 Å². The van der Waals surface area contributed by atoms with Crippen molar-refractivity contribution in [2.45, 2.75) is 25.2 Å². The van der Waals surface area contributed by atoms with Crippen molar-refractivity contribution in [2.24, 2.45) is 0 Å². The molecule has 0 unspecified atom stereocenters. The van der Waals surface area contributed by atoms with E-state index in [-0.39, 0.29) is 17.6 Å². The SMILES string of the molecule is O=C(C[C@H](c1ccccc1)c1ccccc1F)N1CCCC1.